The van der Waals surface area contributed by atoms with Gasteiger partial charge in [0.2, 0.25) is 0 Å². The van der Waals surface area contributed by atoms with Crippen molar-refractivity contribution >= 4 is 35.4 Å². The molecule has 0 unspecified atom stereocenters. The lowest BCUT2D eigenvalue weighted by Gasteiger charge is -2.16. The Morgan fingerprint density at radius 3 is 1.50 bits per heavy atom. The summed E-state index contributed by atoms with van der Waals surface area (Å²) in [5.74, 6) is 0. The fourth-order valence-corrected chi connectivity index (χ4v) is 4.27. The van der Waals surface area contributed by atoms with Gasteiger partial charge >= 0.3 is 0 Å². The Kier molecular flexibility index (Phi) is 3.82. The molecule has 0 fully saturated rings. The van der Waals surface area contributed by atoms with E-state index in [2.05, 4.69) is 48.5 Å². The van der Waals surface area contributed by atoms with Gasteiger partial charge in [-0.1, -0.05) is 72.9 Å². The Hall–Kier alpha value is -1.04. The van der Waals surface area contributed by atoms with Crippen molar-refractivity contribution in [2.24, 2.45) is 0 Å². The van der Waals surface area contributed by atoms with E-state index in [4.69, 9.17) is 12.2 Å². The highest BCUT2D eigenvalue weighted by molar-refractivity contribution is 8.04. The monoisotopic (exact) mass is 244 g/mol. The summed E-state index contributed by atoms with van der Waals surface area (Å²) in [4.78, 5) is 0. The van der Waals surface area contributed by atoms with Crippen LogP contribution < -0.4 is 10.6 Å². The van der Waals surface area contributed by atoms with E-state index in [0.29, 0.717) is 0 Å². The molecule has 2 aromatic carbocycles. The van der Waals surface area contributed by atoms with Crippen molar-refractivity contribution in [2.75, 3.05) is 0 Å². The molecule has 80 valence electrons. The maximum Gasteiger partial charge on any atom is 0.0222 e. The second-order valence-corrected chi connectivity index (χ2v) is 6.81. The van der Waals surface area contributed by atoms with Crippen LogP contribution in [0.3, 0.4) is 0 Å². The molecule has 2 heteroatoms. The maximum atomic E-state index is 5.41. The largest absolute Gasteiger partial charge is 0.0840 e. The van der Waals surface area contributed by atoms with Gasteiger partial charge in [-0.05, 0) is 25.5 Å². The predicted octanol–water partition coefficient (Wildman–Crippen LogP) is 3.47. The van der Waals surface area contributed by atoms with E-state index in [0.717, 1.165) is 4.61 Å². The molecule has 2 rings (SSSR count). The summed E-state index contributed by atoms with van der Waals surface area (Å²) in [5.41, 5.74) is 0. The van der Waals surface area contributed by atoms with Crippen LogP contribution in [-0.2, 0) is 0 Å². The molecule has 0 bridgehead atoms. The molecule has 0 aromatic heterocycles. The van der Waals surface area contributed by atoms with Gasteiger partial charge in [0, 0.05) is 4.61 Å². The van der Waals surface area contributed by atoms with Crippen molar-refractivity contribution < 1.29 is 0 Å². The van der Waals surface area contributed by atoms with Crippen molar-refractivity contribution in [1.82, 2.24) is 0 Å². The highest BCUT2D eigenvalue weighted by atomic mass is 32.1. The van der Waals surface area contributed by atoms with Crippen LogP contribution in [0.4, 0.5) is 0 Å². The summed E-state index contributed by atoms with van der Waals surface area (Å²) in [6, 6.07) is 21.0. The molecule has 0 amide bonds. The Bertz CT molecular complexity index is 425. The van der Waals surface area contributed by atoms with Gasteiger partial charge in [-0.3, -0.25) is 0 Å². The minimum absolute atomic E-state index is 0.478. The maximum absolute atomic E-state index is 5.41. The number of benzene rings is 2. The number of hydrogen-bond donors (Lipinski definition) is 0. The topological polar surface area (TPSA) is 0 Å². The first-order chi connectivity index (χ1) is 7.79. The summed E-state index contributed by atoms with van der Waals surface area (Å²) < 4.78 is 1.08. The van der Waals surface area contributed by atoms with Crippen LogP contribution >= 0.6 is 20.1 Å². The SMILES string of the molecule is CC(=S)P(c1ccccc1)c1ccccc1. The molecule has 0 saturated carbocycles. The lowest BCUT2D eigenvalue weighted by molar-refractivity contribution is 1.76. The van der Waals surface area contributed by atoms with Gasteiger partial charge in [0.05, 0.1) is 0 Å². The van der Waals surface area contributed by atoms with Crippen LogP contribution in [-0.4, -0.2) is 4.61 Å². The molecular formula is C14H13PS. The third kappa shape index (κ3) is 2.55. The molecule has 0 nitrogen and oxygen atoms in total. The zero-order valence-corrected chi connectivity index (χ0v) is 10.8. The van der Waals surface area contributed by atoms with Gasteiger partial charge in [-0.15, -0.1) is 0 Å². The molecule has 16 heavy (non-hydrogen) atoms. The Morgan fingerprint density at radius 2 is 1.19 bits per heavy atom. The van der Waals surface area contributed by atoms with Crippen molar-refractivity contribution in [3.63, 3.8) is 0 Å². The molecule has 0 radical (unpaired) electrons. The van der Waals surface area contributed by atoms with Gasteiger partial charge in [-0.2, -0.15) is 0 Å². The van der Waals surface area contributed by atoms with Crippen molar-refractivity contribution in [1.29, 1.82) is 0 Å². The summed E-state index contributed by atoms with van der Waals surface area (Å²) in [6.45, 7) is 2.04. The zero-order chi connectivity index (χ0) is 11.4. The number of rotatable bonds is 3. The minimum Gasteiger partial charge on any atom is -0.0840 e. The molecule has 0 heterocycles. The third-order valence-electron chi connectivity index (χ3n) is 2.34. The van der Waals surface area contributed by atoms with Gasteiger partial charge in [0.1, 0.15) is 0 Å². The van der Waals surface area contributed by atoms with E-state index in [1.54, 1.807) is 0 Å². The quantitative estimate of drug-likeness (QED) is 0.588. The number of hydrogen-bond acceptors (Lipinski definition) is 1. The highest BCUT2D eigenvalue weighted by Crippen LogP contribution is 2.35. The van der Waals surface area contributed by atoms with E-state index in [1.165, 1.54) is 10.6 Å². The van der Waals surface area contributed by atoms with E-state index in [-0.39, 0.29) is 0 Å². The van der Waals surface area contributed by atoms with Crippen LogP contribution in [0.1, 0.15) is 6.92 Å². The molecular weight excluding hydrogens is 231 g/mol. The van der Waals surface area contributed by atoms with Gasteiger partial charge < -0.3 is 0 Å². The summed E-state index contributed by atoms with van der Waals surface area (Å²) in [6.07, 6.45) is 0. The van der Waals surface area contributed by atoms with Crippen LogP contribution in [0.2, 0.25) is 0 Å². The van der Waals surface area contributed by atoms with E-state index in [9.17, 15) is 0 Å². The molecule has 0 aliphatic carbocycles. The van der Waals surface area contributed by atoms with Crippen molar-refractivity contribution in [3.8, 4) is 0 Å². The minimum atomic E-state index is -0.478. The Labute approximate surface area is 103 Å². The molecule has 0 aliphatic heterocycles. The average Bonchev–Trinajstić information content (AvgIpc) is 2.31. The van der Waals surface area contributed by atoms with Gasteiger partial charge in [0.15, 0.2) is 0 Å². The molecule has 0 atom stereocenters. The summed E-state index contributed by atoms with van der Waals surface area (Å²) >= 11 is 5.41. The fourth-order valence-electron chi connectivity index (χ4n) is 1.67. The van der Waals surface area contributed by atoms with E-state index >= 15 is 0 Å². The third-order valence-corrected chi connectivity index (χ3v) is 5.15. The fraction of sp³-hybridized carbons (Fsp3) is 0.0714. The van der Waals surface area contributed by atoms with Gasteiger partial charge in [0.25, 0.3) is 0 Å². The molecule has 0 N–H and O–H groups in total. The predicted molar refractivity (Wildman–Crippen MR) is 77.3 cm³/mol. The van der Waals surface area contributed by atoms with Crippen LogP contribution in [0.25, 0.3) is 0 Å². The Balaban J connectivity index is 2.44. The highest BCUT2D eigenvalue weighted by Gasteiger charge is 2.14. The molecule has 2 aromatic rings. The Morgan fingerprint density at radius 1 is 0.812 bits per heavy atom. The second-order valence-electron chi connectivity index (χ2n) is 3.53. The molecule has 0 saturated heterocycles. The van der Waals surface area contributed by atoms with Crippen LogP contribution in [0, 0.1) is 0 Å². The number of thiocarbonyl (C=S) groups is 1. The summed E-state index contributed by atoms with van der Waals surface area (Å²) in [7, 11) is -0.478. The first kappa shape index (κ1) is 11.4. The van der Waals surface area contributed by atoms with E-state index < -0.39 is 7.92 Å². The van der Waals surface area contributed by atoms with Gasteiger partial charge in [-0.25, -0.2) is 0 Å². The standard InChI is InChI=1S/C14H13PS/c1-12(16)15(13-8-4-2-5-9-13)14-10-6-3-7-11-14/h2-11H,1H3. The molecule has 0 aliphatic rings. The first-order valence-corrected chi connectivity index (χ1v) is 6.95. The molecule has 0 spiro atoms. The summed E-state index contributed by atoms with van der Waals surface area (Å²) in [5, 5.41) is 2.66. The average molecular weight is 244 g/mol. The zero-order valence-electron chi connectivity index (χ0n) is 9.13. The van der Waals surface area contributed by atoms with Crippen molar-refractivity contribution in [2.45, 2.75) is 6.92 Å². The first-order valence-electron chi connectivity index (χ1n) is 5.20. The van der Waals surface area contributed by atoms with Crippen LogP contribution in [0.5, 0.6) is 0 Å². The normalized spacial score (nSPS) is 10.4. The second kappa shape index (κ2) is 5.34. The lowest BCUT2D eigenvalue weighted by atomic mass is 10.4. The van der Waals surface area contributed by atoms with E-state index in [1.807, 2.05) is 19.1 Å². The van der Waals surface area contributed by atoms with Crippen LogP contribution in [0.15, 0.2) is 60.7 Å². The smallest absolute Gasteiger partial charge is 0.0222 e. The van der Waals surface area contributed by atoms with Crippen molar-refractivity contribution in [3.05, 3.63) is 60.7 Å². The lowest BCUT2D eigenvalue weighted by Crippen LogP contribution is -2.14.